The Labute approximate surface area is 97.8 Å². The van der Waals surface area contributed by atoms with E-state index in [-0.39, 0.29) is 0 Å². The molecule has 0 aromatic carbocycles. The van der Waals surface area contributed by atoms with Crippen LogP contribution in [0, 0.1) is 0 Å². The van der Waals surface area contributed by atoms with Crippen molar-refractivity contribution in [3.8, 4) is 0 Å². The quantitative estimate of drug-likeness (QED) is 0.826. The lowest BCUT2D eigenvalue weighted by atomic mass is 10.1. The molecular weight excluding hydrogens is 200 g/mol. The van der Waals surface area contributed by atoms with Crippen LogP contribution in [0.2, 0.25) is 0 Å². The molecule has 3 heteroatoms. The lowest BCUT2D eigenvalue weighted by Gasteiger charge is -2.19. The summed E-state index contributed by atoms with van der Waals surface area (Å²) in [7, 11) is 0. The van der Waals surface area contributed by atoms with Gasteiger partial charge < -0.3 is 14.6 Å². The Balaban J connectivity index is 1.77. The largest absolute Gasteiger partial charge is 0.377 e. The minimum atomic E-state index is 0.410. The predicted molar refractivity (Wildman–Crippen MR) is 65.4 cm³/mol. The molecular formula is C13H22N2O. The Bertz CT molecular complexity index is 315. The molecule has 0 spiro atoms. The zero-order chi connectivity index (χ0) is 11.4. The van der Waals surface area contributed by atoms with Gasteiger partial charge in [-0.1, -0.05) is 0 Å². The molecule has 0 aliphatic carbocycles. The summed E-state index contributed by atoms with van der Waals surface area (Å²) in [6.07, 6.45) is 7.16. The van der Waals surface area contributed by atoms with Gasteiger partial charge in [0, 0.05) is 38.1 Å². The van der Waals surface area contributed by atoms with Gasteiger partial charge in [0.15, 0.2) is 0 Å². The molecule has 0 bridgehead atoms. The molecule has 0 saturated carbocycles. The minimum Gasteiger partial charge on any atom is -0.377 e. The lowest BCUT2D eigenvalue weighted by Crippen LogP contribution is -2.36. The van der Waals surface area contributed by atoms with Gasteiger partial charge in [0.2, 0.25) is 0 Å². The number of ether oxygens (including phenoxy) is 1. The van der Waals surface area contributed by atoms with Crippen LogP contribution in [-0.4, -0.2) is 23.3 Å². The van der Waals surface area contributed by atoms with Gasteiger partial charge in [-0.2, -0.15) is 0 Å². The third-order valence-electron chi connectivity index (χ3n) is 3.33. The SMILES string of the molecule is CCn1ccc(CNC(C)C2CCCO2)c1. The smallest absolute Gasteiger partial charge is 0.0726 e. The molecule has 1 aromatic rings. The average Bonchev–Trinajstić information content (AvgIpc) is 2.96. The fourth-order valence-electron chi connectivity index (χ4n) is 2.20. The lowest BCUT2D eigenvalue weighted by molar-refractivity contribution is 0.0832. The number of aromatic nitrogens is 1. The van der Waals surface area contributed by atoms with Gasteiger partial charge in [0.25, 0.3) is 0 Å². The van der Waals surface area contributed by atoms with Crippen LogP contribution >= 0.6 is 0 Å². The van der Waals surface area contributed by atoms with Crippen LogP contribution in [0.25, 0.3) is 0 Å². The summed E-state index contributed by atoms with van der Waals surface area (Å²) in [5.41, 5.74) is 1.35. The molecule has 1 fully saturated rings. The molecule has 16 heavy (non-hydrogen) atoms. The summed E-state index contributed by atoms with van der Waals surface area (Å²) < 4.78 is 7.86. The Morgan fingerprint density at radius 2 is 2.50 bits per heavy atom. The highest BCUT2D eigenvalue weighted by Gasteiger charge is 2.21. The zero-order valence-electron chi connectivity index (χ0n) is 10.3. The summed E-state index contributed by atoms with van der Waals surface area (Å²) in [5.74, 6) is 0. The molecule has 2 unspecified atom stereocenters. The van der Waals surface area contributed by atoms with Gasteiger partial charge in [-0.25, -0.2) is 0 Å². The Kier molecular flexibility index (Phi) is 4.02. The molecule has 2 rings (SSSR count). The maximum atomic E-state index is 5.66. The first-order valence-electron chi connectivity index (χ1n) is 6.29. The maximum Gasteiger partial charge on any atom is 0.0726 e. The second-order valence-corrected chi connectivity index (χ2v) is 4.57. The van der Waals surface area contributed by atoms with Crippen LogP contribution in [0.5, 0.6) is 0 Å². The fraction of sp³-hybridized carbons (Fsp3) is 0.692. The minimum absolute atomic E-state index is 0.410. The van der Waals surface area contributed by atoms with Crippen molar-refractivity contribution in [2.45, 2.75) is 51.9 Å². The van der Waals surface area contributed by atoms with E-state index in [1.807, 2.05) is 0 Å². The summed E-state index contributed by atoms with van der Waals surface area (Å²) >= 11 is 0. The van der Waals surface area contributed by atoms with Crippen molar-refractivity contribution < 1.29 is 4.74 Å². The number of aryl methyl sites for hydroxylation is 1. The highest BCUT2D eigenvalue weighted by Crippen LogP contribution is 2.15. The maximum absolute atomic E-state index is 5.66. The Morgan fingerprint density at radius 3 is 3.12 bits per heavy atom. The molecule has 3 nitrogen and oxygen atoms in total. The van der Waals surface area contributed by atoms with E-state index >= 15 is 0 Å². The third kappa shape index (κ3) is 2.86. The first-order chi connectivity index (χ1) is 7.79. The molecule has 90 valence electrons. The van der Waals surface area contributed by atoms with Crippen LogP contribution in [0.15, 0.2) is 18.5 Å². The standard InChI is InChI=1S/C13H22N2O/c1-3-15-7-6-12(10-15)9-14-11(2)13-5-4-8-16-13/h6-7,10-11,13-14H,3-5,8-9H2,1-2H3. The van der Waals surface area contributed by atoms with E-state index < -0.39 is 0 Å². The van der Waals surface area contributed by atoms with Crippen molar-refractivity contribution in [1.82, 2.24) is 9.88 Å². The van der Waals surface area contributed by atoms with Gasteiger partial charge in [-0.05, 0) is 38.3 Å². The summed E-state index contributed by atoms with van der Waals surface area (Å²) in [6, 6.07) is 2.63. The van der Waals surface area contributed by atoms with Gasteiger partial charge in [-0.3, -0.25) is 0 Å². The number of hydrogen-bond acceptors (Lipinski definition) is 2. The van der Waals surface area contributed by atoms with Crippen LogP contribution in [0.4, 0.5) is 0 Å². The van der Waals surface area contributed by atoms with Crippen molar-refractivity contribution >= 4 is 0 Å². The number of rotatable bonds is 5. The van der Waals surface area contributed by atoms with E-state index in [1.54, 1.807) is 0 Å². The number of nitrogens with one attached hydrogen (secondary N) is 1. The van der Waals surface area contributed by atoms with E-state index in [2.05, 4.69) is 42.2 Å². The van der Waals surface area contributed by atoms with Crippen LogP contribution in [0.1, 0.15) is 32.3 Å². The predicted octanol–water partition coefficient (Wildman–Crippen LogP) is 2.17. The van der Waals surface area contributed by atoms with Crippen molar-refractivity contribution in [2.24, 2.45) is 0 Å². The summed E-state index contributed by atoms with van der Waals surface area (Å²) in [4.78, 5) is 0. The van der Waals surface area contributed by atoms with Crippen molar-refractivity contribution in [3.63, 3.8) is 0 Å². The molecule has 1 saturated heterocycles. The number of nitrogens with zero attached hydrogens (tertiary/aromatic N) is 1. The van der Waals surface area contributed by atoms with Crippen LogP contribution in [-0.2, 0) is 17.8 Å². The second kappa shape index (κ2) is 5.51. The van der Waals surface area contributed by atoms with E-state index in [4.69, 9.17) is 4.74 Å². The monoisotopic (exact) mass is 222 g/mol. The van der Waals surface area contributed by atoms with Gasteiger partial charge in [-0.15, -0.1) is 0 Å². The highest BCUT2D eigenvalue weighted by atomic mass is 16.5. The first-order valence-corrected chi connectivity index (χ1v) is 6.29. The Hall–Kier alpha value is -0.800. The molecule has 0 radical (unpaired) electrons. The second-order valence-electron chi connectivity index (χ2n) is 4.57. The molecule has 1 aliphatic heterocycles. The van der Waals surface area contributed by atoms with Crippen LogP contribution < -0.4 is 5.32 Å². The van der Waals surface area contributed by atoms with Crippen LogP contribution in [0.3, 0.4) is 0 Å². The first kappa shape index (κ1) is 11.7. The van der Waals surface area contributed by atoms with E-state index in [1.165, 1.54) is 18.4 Å². The molecule has 2 heterocycles. The fourth-order valence-corrected chi connectivity index (χ4v) is 2.20. The van der Waals surface area contributed by atoms with Gasteiger partial charge in [0.1, 0.15) is 0 Å². The molecule has 2 atom stereocenters. The van der Waals surface area contributed by atoms with Gasteiger partial charge >= 0.3 is 0 Å². The van der Waals surface area contributed by atoms with Crippen molar-refractivity contribution in [3.05, 3.63) is 24.0 Å². The van der Waals surface area contributed by atoms with E-state index in [9.17, 15) is 0 Å². The molecule has 0 amide bonds. The topological polar surface area (TPSA) is 26.2 Å². The normalized spacial score (nSPS) is 22.5. The third-order valence-corrected chi connectivity index (χ3v) is 3.33. The van der Waals surface area contributed by atoms with E-state index in [0.717, 1.165) is 19.7 Å². The Morgan fingerprint density at radius 1 is 1.62 bits per heavy atom. The van der Waals surface area contributed by atoms with Gasteiger partial charge in [0.05, 0.1) is 6.10 Å². The van der Waals surface area contributed by atoms with Crippen molar-refractivity contribution in [1.29, 1.82) is 0 Å². The highest BCUT2D eigenvalue weighted by molar-refractivity contribution is 5.10. The zero-order valence-corrected chi connectivity index (χ0v) is 10.3. The average molecular weight is 222 g/mol. The molecule has 1 N–H and O–H groups in total. The molecule has 1 aliphatic rings. The summed E-state index contributed by atoms with van der Waals surface area (Å²) in [6.45, 7) is 7.29. The molecule has 1 aromatic heterocycles. The number of hydrogen-bond donors (Lipinski definition) is 1. The van der Waals surface area contributed by atoms with Crippen molar-refractivity contribution in [2.75, 3.05) is 6.61 Å². The summed E-state index contributed by atoms with van der Waals surface area (Å²) in [5, 5.41) is 3.54. The van der Waals surface area contributed by atoms with E-state index in [0.29, 0.717) is 12.1 Å².